The van der Waals surface area contributed by atoms with E-state index in [1.807, 2.05) is 6.07 Å². The van der Waals surface area contributed by atoms with Crippen LogP contribution in [0.25, 0.3) is 0 Å². The fourth-order valence-electron chi connectivity index (χ4n) is 1.22. The Morgan fingerprint density at radius 1 is 1.46 bits per heavy atom. The molecule has 5 nitrogen and oxygen atoms in total. The van der Waals surface area contributed by atoms with Crippen molar-refractivity contribution in [2.24, 2.45) is 0 Å². The summed E-state index contributed by atoms with van der Waals surface area (Å²) in [4.78, 5) is 18.2. The third-order valence-electron chi connectivity index (χ3n) is 2.22. The van der Waals surface area contributed by atoms with Gasteiger partial charge in [0, 0.05) is 0 Å². The van der Waals surface area contributed by atoms with Crippen LogP contribution < -0.4 is 5.32 Å². The second-order valence-electron chi connectivity index (χ2n) is 2.79. The average molecular weight is 206 g/mol. The molecule has 0 rings (SSSR count). The number of rotatable bonds is 5. The quantitative estimate of drug-likeness (QED) is 0.456. The van der Waals surface area contributed by atoms with E-state index in [1.54, 1.807) is 13.8 Å². The van der Waals surface area contributed by atoms with Crippen LogP contribution in [0.2, 0.25) is 0 Å². The predicted molar refractivity (Wildman–Crippen MR) is 49.0 cm³/mol. The van der Waals surface area contributed by atoms with E-state index in [0.29, 0.717) is 12.8 Å². The zero-order chi connectivity index (χ0) is 10.5. The topological polar surface area (TPSA) is 93.4 Å². The maximum Gasteiger partial charge on any atom is 0.345 e. The van der Waals surface area contributed by atoms with Crippen molar-refractivity contribution >= 4 is 7.60 Å². The van der Waals surface area contributed by atoms with Crippen molar-refractivity contribution in [1.82, 2.24) is 5.32 Å². The highest BCUT2D eigenvalue weighted by molar-refractivity contribution is 7.53. The van der Waals surface area contributed by atoms with Crippen molar-refractivity contribution in [3.05, 3.63) is 0 Å². The Morgan fingerprint density at radius 2 is 1.92 bits per heavy atom. The highest BCUT2D eigenvalue weighted by atomic mass is 31.2. The van der Waals surface area contributed by atoms with Crippen LogP contribution in [0.1, 0.15) is 26.7 Å². The van der Waals surface area contributed by atoms with Crippen molar-refractivity contribution in [2.45, 2.75) is 32.0 Å². The Hall–Kier alpha value is -0.400. The summed E-state index contributed by atoms with van der Waals surface area (Å²) in [5, 5.41) is 9.69. The summed E-state index contributed by atoms with van der Waals surface area (Å²) in [6.45, 7) is 3.33. The van der Waals surface area contributed by atoms with Crippen LogP contribution in [-0.4, -0.2) is 21.6 Å². The monoisotopic (exact) mass is 206 g/mol. The first kappa shape index (κ1) is 12.6. The van der Waals surface area contributed by atoms with Gasteiger partial charge in [-0.05, 0) is 12.8 Å². The van der Waals surface area contributed by atoms with Gasteiger partial charge in [0.15, 0.2) is 0 Å². The van der Waals surface area contributed by atoms with Crippen LogP contribution in [0.3, 0.4) is 0 Å². The Kier molecular flexibility index (Phi) is 4.58. The summed E-state index contributed by atoms with van der Waals surface area (Å²) in [5.74, 6) is 0. The van der Waals surface area contributed by atoms with E-state index in [4.69, 9.17) is 15.0 Å². The van der Waals surface area contributed by atoms with E-state index in [1.165, 1.54) is 0 Å². The zero-order valence-electron chi connectivity index (χ0n) is 7.82. The number of hydrogen-bond donors (Lipinski definition) is 3. The van der Waals surface area contributed by atoms with Crippen LogP contribution in [0.15, 0.2) is 0 Å². The summed E-state index contributed by atoms with van der Waals surface area (Å²) >= 11 is 0. The molecule has 0 heterocycles. The van der Waals surface area contributed by atoms with E-state index < -0.39 is 12.9 Å². The van der Waals surface area contributed by atoms with E-state index in [2.05, 4.69) is 5.32 Å². The molecule has 0 saturated carbocycles. The molecule has 0 spiro atoms. The minimum atomic E-state index is -4.20. The lowest BCUT2D eigenvalue weighted by Crippen LogP contribution is -2.44. The lowest BCUT2D eigenvalue weighted by atomic mass is 10.1. The highest BCUT2D eigenvalue weighted by Crippen LogP contribution is 2.52. The predicted octanol–water partition coefficient (Wildman–Crippen LogP) is 0.794. The molecule has 0 unspecified atom stereocenters. The van der Waals surface area contributed by atoms with Gasteiger partial charge in [0.2, 0.25) is 0 Å². The van der Waals surface area contributed by atoms with Gasteiger partial charge in [-0.1, -0.05) is 13.8 Å². The maximum atomic E-state index is 11.1. The van der Waals surface area contributed by atoms with Crippen molar-refractivity contribution in [2.75, 3.05) is 6.54 Å². The summed E-state index contributed by atoms with van der Waals surface area (Å²) in [6, 6.07) is 1.81. The molecule has 13 heavy (non-hydrogen) atoms. The normalized spacial score (nSPS) is 12.5. The van der Waals surface area contributed by atoms with Crippen molar-refractivity contribution in [3.8, 4) is 6.07 Å². The summed E-state index contributed by atoms with van der Waals surface area (Å²) in [6.07, 6.45) is 0.602. The molecule has 76 valence electrons. The molecule has 0 aliphatic rings. The van der Waals surface area contributed by atoms with Crippen molar-refractivity contribution < 1.29 is 14.4 Å². The molecule has 0 aliphatic carbocycles. The SMILES string of the molecule is CCC(CC)(NCC#N)P(=O)(O)O. The molecule has 0 radical (unpaired) electrons. The molecule has 0 amide bonds. The molecule has 0 aromatic rings. The van der Waals surface area contributed by atoms with E-state index in [9.17, 15) is 4.57 Å². The summed E-state index contributed by atoms with van der Waals surface area (Å²) in [7, 11) is -4.20. The van der Waals surface area contributed by atoms with E-state index in [0.717, 1.165) is 0 Å². The second kappa shape index (κ2) is 4.73. The zero-order valence-corrected chi connectivity index (χ0v) is 8.71. The van der Waals surface area contributed by atoms with Gasteiger partial charge in [-0.15, -0.1) is 0 Å². The summed E-state index contributed by atoms with van der Waals surface area (Å²) < 4.78 is 11.1. The fraction of sp³-hybridized carbons (Fsp3) is 0.857. The Balaban J connectivity index is 4.73. The lowest BCUT2D eigenvalue weighted by Gasteiger charge is -2.32. The molecule has 0 fully saturated rings. The van der Waals surface area contributed by atoms with Gasteiger partial charge in [0.1, 0.15) is 5.28 Å². The Bertz CT molecular complexity index is 239. The number of nitriles is 1. The first-order valence-corrected chi connectivity index (χ1v) is 5.72. The minimum absolute atomic E-state index is 0.0488. The molecule has 3 N–H and O–H groups in total. The van der Waals surface area contributed by atoms with Crippen LogP contribution in [0.5, 0.6) is 0 Å². The smallest absolute Gasteiger partial charge is 0.323 e. The molecule has 0 saturated heterocycles. The molecule has 6 heteroatoms. The first-order chi connectivity index (χ1) is 5.93. The maximum absolute atomic E-state index is 11.1. The summed E-state index contributed by atoms with van der Waals surface area (Å²) in [5.41, 5.74) is 0. The second-order valence-corrected chi connectivity index (χ2v) is 4.74. The fourth-order valence-corrected chi connectivity index (χ4v) is 2.33. The number of hydrogen-bond acceptors (Lipinski definition) is 3. The van der Waals surface area contributed by atoms with Crippen molar-refractivity contribution in [3.63, 3.8) is 0 Å². The number of nitrogens with one attached hydrogen (secondary N) is 1. The van der Waals surface area contributed by atoms with Crippen LogP contribution in [0, 0.1) is 11.3 Å². The lowest BCUT2D eigenvalue weighted by molar-refractivity contribution is 0.289. The molecule has 0 aromatic carbocycles. The third kappa shape index (κ3) is 2.78. The third-order valence-corrected chi connectivity index (χ3v) is 4.13. The van der Waals surface area contributed by atoms with Gasteiger partial charge in [-0.25, -0.2) is 0 Å². The molecular formula is C7H15N2O3P. The van der Waals surface area contributed by atoms with Gasteiger partial charge in [-0.2, -0.15) is 5.26 Å². The molecular weight excluding hydrogens is 191 g/mol. The van der Waals surface area contributed by atoms with Gasteiger partial charge >= 0.3 is 7.60 Å². The minimum Gasteiger partial charge on any atom is -0.323 e. The van der Waals surface area contributed by atoms with Gasteiger partial charge in [-0.3, -0.25) is 9.88 Å². The first-order valence-electron chi connectivity index (χ1n) is 4.11. The van der Waals surface area contributed by atoms with Crippen LogP contribution >= 0.6 is 7.60 Å². The molecule has 0 atom stereocenters. The standard InChI is InChI=1S/C7H15N2O3P/c1-3-7(4-2,9-6-5-8)13(10,11)12/h9H,3-4,6H2,1-2H3,(H2,10,11,12). The molecule has 0 aliphatic heterocycles. The molecule has 0 bridgehead atoms. The Morgan fingerprint density at radius 3 is 2.15 bits per heavy atom. The van der Waals surface area contributed by atoms with E-state index >= 15 is 0 Å². The van der Waals surface area contributed by atoms with Gasteiger partial charge < -0.3 is 9.79 Å². The number of nitrogens with zero attached hydrogens (tertiary/aromatic N) is 1. The molecule has 0 aromatic heterocycles. The van der Waals surface area contributed by atoms with Crippen LogP contribution in [0.4, 0.5) is 0 Å². The largest absolute Gasteiger partial charge is 0.345 e. The van der Waals surface area contributed by atoms with Crippen LogP contribution in [-0.2, 0) is 4.57 Å². The highest BCUT2D eigenvalue weighted by Gasteiger charge is 2.43. The van der Waals surface area contributed by atoms with Gasteiger partial charge in [0.25, 0.3) is 0 Å². The average Bonchev–Trinajstić information content (AvgIpc) is 2.05. The van der Waals surface area contributed by atoms with Gasteiger partial charge in [0.05, 0.1) is 12.6 Å². The van der Waals surface area contributed by atoms with Crippen molar-refractivity contribution in [1.29, 1.82) is 5.26 Å². The van der Waals surface area contributed by atoms with E-state index in [-0.39, 0.29) is 6.54 Å². The Labute approximate surface area is 77.9 Å².